The molecule has 30 heavy (non-hydrogen) atoms. The van der Waals surface area contributed by atoms with Crippen LogP contribution in [0.4, 0.5) is 13.2 Å². The van der Waals surface area contributed by atoms with Gasteiger partial charge in [-0.05, 0) is 49.6 Å². The van der Waals surface area contributed by atoms with Gasteiger partial charge >= 0.3 is 6.18 Å². The van der Waals surface area contributed by atoms with Gasteiger partial charge in [0.25, 0.3) is 11.5 Å². The van der Waals surface area contributed by atoms with Crippen molar-refractivity contribution < 1.29 is 22.8 Å². The highest BCUT2D eigenvalue weighted by Crippen LogP contribution is 2.50. The molecule has 3 rings (SSSR count). The summed E-state index contributed by atoms with van der Waals surface area (Å²) in [6.07, 6.45) is -5.28. The smallest absolute Gasteiger partial charge is 0.374 e. The molecule has 0 saturated carbocycles. The fourth-order valence-corrected chi connectivity index (χ4v) is 4.60. The zero-order chi connectivity index (χ0) is 22.1. The zero-order valence-electron chi connectivity index (χ0n) is 15.8. The van der Waals surface area contributed by atoms with Crippen LogP contribution in [0.5, 0.6) is 0 Å². The zero-order valence-corrected chi connectivity index (χ0v) is 18.1. The molecule has 0 spiro atoms. The van der Waals surface area contributed by atoms with E-state index in [2.05, 4.69) is 22.3 Å². The topological polar surface area (TPSA) is 50.7 Å². The number of nitrogens with one attached hydrogen (secondary N) is 1. The van der Waals surface area contributed by atoms with E-state index >= 15 is 0 Å². The minimum Gasteiger partial charge on any atom is -0.374 e. The maximum Gasteiger partial charge on any atom is 0.435 e. The van der Waals surface area contributed by atoms with Crippen molar-refractivity contribution in [2.45, 2.75) is 38.6 Å². The molecule has 0 bridgehead atoms. The third kappa shape index (κ3) is 4.43. The average molecular weight is 475 g/mol. The van der Waals surface area contributed by atoms with Gasteiger partial charge in [0, 0.05) is 20.5 Å². The van der Waals surface area contributed by atoms with Crippen LogP contribution in [0, 0.1) is 18.8 Å². The van der Waals surface area contributed by atoms with E-state index < -0.39 is 24.1 Å². The lowest BCUT2D eigenvalue weighted by Gasteiger charge is -2.29. The van der Waals surface area contributed by atoms with Crippen LogP contribution in [0.2, 0.25) is 10.0 Å². The number of halogens is 5. The molecule has 0 radical (unpaired) electrons. The quantitative estimate of drug-likeness (QED) is 0.587. The van der Waals surface area contributed by atoms with Gasteiger partial charge in [-0.15, -0.1) is 11.3 Å². The first-order valence-corrected chi connectivity index (χ1v) is 10.2. The average Bonchev–Trinajstić information content (AvgIpc) is 3.24. The standard InChI is InChI=1S/C20H15Cl2F3N2O2S/c1-3-4-18(28)26-10-17-11(2)5-16(30-17)15-9-19(29-27-15,20(23,24)25)12-6-13(21)8-14(22)7-12/h5-8H,9-10H2,1-2H3,(H,26,28). The summed E-state index contributed by atoms with van der Waals surface area (Å²) in [6.45, 7) is 3.57. The number of benzene rings is 1. The molecule has 2 heterocycles. The molecule has 1 aliphatic heterocycles. The van der Waals surface area contributed by atoms with Crippen LogP contribution in [-0.4, -0.2) is 17.8 Å². The number of thiophene rings is 1. The molecular formula is C20H15Cl2F3N2O2S. The molecule has 1 atom stereocenters. The number of carbonyl (C=O) groups is 1. The second-order valence-electron chi connectivity index (χ2n) is 6.56. The van der Waals surface area contributed by atoms with Gasteiger partial charge in [0.05, 0.1) is 17.8 Å². The van der Waals surface area contributed by atoms with Crippen molar-refractivity contribution in [3.05, 3.63) is 55.2 Å². The molecule has 2 aromatic rings. The Hall–Kier alpha value is -2.21. The van der Waals surface area contributed by atoms with E-state index in [9.17, 15) is 18.0 Å². The number of rotatable bonds is 4. The Morgan fingerprint density at radius 3 is 2.57 bits per heavy atom. The number of alkyl halides is 3. The van der Waals surface area contributed by atoms with Crippen molar-refractivity contribution in [1.29, 1.82) is 0 Å². The molecule has 0 fully saturated rings. The number of oxime groups is 1. The van der Waals surface area contributed by atoms with Gasteiger partial charge in [0.2, 0.25) is 0 Å². The molecule has 1 unspecified atom stereocenters. The first kappa shape index (κ1) is 22.5. The predicted octanol–water partition coefficient (Wildman–Crippen LogP) is 5.59. The lowest BCUT2D eigenvalue weighted by atomic mass is 9.88. The molecule has 0 saturated heterocycles. The Morgan fingerprint density at radius 2 is 1.97 bits per heavy atom. The first-order chi connectivity index (χ1) is 14.1. The summed E-state index contributed by atoms with van der Waals surface area (Å²) in [5.41, 5.74) is -1.93. The van der Waals surface area contributed by atoms with E-state index in [1.165, 1.54) is 29.5 Å². The molecule has 158 valence electrons. The van der Waals surface area contributed by atoms with Crippen LogP contribution >= 0.6 is 34.5 Å². The molecule has 1 N–H and O–H groups in total. The SMILES string of the molecule is CC#CC(=O)NCc1sc(C2=NOC(c3cc(Cl)cc(Cl)c3)(C(F)(F)F)C2)cc1C. The highest BCUT2D eigenvalue weighted by atomic mass is 35.5. The van der Waals surface area contributed by atoms with Crippen molar-refractivity contribution in [1.82, 2.24) is 5.32 Å². The largest absolute Gasteiger partial charge is 0.435 e. The minimum atomic E-state index is -4.76. The Bertz CT molecular complexity index is 1070. The van der Waals surface area contributed by atoms with Gasteiger partial charge in [-0.2, -0.15) is 13.2 Å². The second kappa shape index (κ2) is 8.50. The number of nitrogens with zero attached hydrogens (tertiary/aromatic N) is 1. The third-order valence-electron chi connectivity index (χ3n) is 4.47. The summed E-state index contributed by atoms with van der Waals surface area (Å²) < 4.78 is 42.2. The number of carbonyl (C=O) groups excluding carboxylic acids is 1. The second-order valence-corrected chi connectivity index (χ2v) is 8.57. The number of amides is 1. The van der Waals surface area contributed by atoms with Gasteiger partial charge in [-0.25, -0.2) is 0 Å². The predicted molar refractivity (Wildman–Crippen MR) is 111 cm³/mol. The van der Waals surface area contributed by atoms with Gasteiger partial charge < -0.3 is 10.2 Å². The third-order valence-corrected chi connectivity index (χ3v) is 6.19. The van der Waals surface area contributed by atoms with Crippen molar-refractivity contribution in [2.75, 3.05) is 0 Å². The van der Waals surface area contributed by atoms with Crippen LogP contribution < -0.4 is 5.32 Å². The van der Waals surface area contributed by atoms with Crippen molar-refractivity contribution in [2.24, 2.45) is 5.16 Å². The van der Waals surface area contributed by atoms with Gasteiger partial charge in [0.1, 0.15) is 5.71 Å². The molecular weight excluding hydrogens is 460 g/mol. The summed E-state index contributed by atoms with van der Waals surface area (Å²) in [7, 11) is 0. The molecule has 0 aliphatic carbocycles. The molecule has 1 aliphatic rings. The van der Waals surface area contributed by atoms with Crippen LogP contribution in [0.25, 0.3) is 0 Å². The van der Waals surface area contributed by atoms with Crippen LogP contribution in [-0.2, 0) is 21.8 Å². The van der Waals surface area contributed by atoms with Crippen LogP contribution in [0.3, 0.4) is 0 Å². The Morgan fingerprint density at radius 1 is 1.30 bits per heavy atom. The highest BCUT2D eigenvalue weighted by Gasteiger charge is 2.62. The highest BCUT2D eigenvalue weighted by molar-refractivity contribution is 7.14. The van der Waals surface area contributed by atoms with Crippen molar-refractivity contribution >= 4 is 46.2 Å². The lowest BCUT2D eigenvalue weighted by Crippen LogP contribution is -2.42. The van der Waals surface area contributed by atoms with E-state index in [-0.39, 0.29) is 27.9 Å². The Balaban J connectivity index is 1.88. The number of hydrogen-bond donors (Lipinski definition) is 1. The number of hydrogen-bond acceptors (Lipinski definition) is 4. The lowest BCUT2D eigenvalue weighted by molar-refractivity contribution is -0.275. The molecule has 1 aromatic heterocycles. The molecule has 10 heteroatoms. The molecule has 4 nitrogen and oxygen atoms in total. The van der Waals surface area contributed by atoms with E-state index in [0.717, 1.165) is 10.4 Å². The maximum atomic E-state index is 14.1. The fourth-order valence-electron chi connectivity index (χ4n) is 2.98. The molecule has 1 amide bonds. The van der Waals surface area contributed by atoms with E-state index in [4.69, 9.17) is 28.0 Å². The van der Waals surface area contributed by atoms with Crippen LogP contribution in [0.1, 0.15) is 34.2 Å². The van der Waals surface area contributed by atoms with E-state index in [1.807, 2.05) is 0 Å². The summed E-state index contributed by atoms with van der Waals surface area (Å²) in [5, 5.41) is 6.53. The summed E-state index contributed by atoms with van der Waals surface area (Å²) in [6, 6.07) is 5.42. The minimum absolute atomic E-state index is 0.0679. The Kier molecular flexibility index (Phi) is 6.37. The van der Waals surface area contributed by atoms with Gasteiger partial charge in [-0.3, -0.25) is 4.79 Å². The Labute approximate surface area is 185 Å². The fraction of sp³-hybridized carbons (Fsp3) is 0.300. The van der Waals surface area contributed by atoms with E-state index in [1.54, 1.807) is 19.9 Å². The maximum absolute atomic E-state index is 14.1. The van der Waals surface area contributed by atoms with E-state index in [0.29, 0.717) is 4.88 Å². The molecule has 1 aromatic carbocycles. The normalized spacial score (nSPS) is 18.3. The number of aryl methyl sites for hydroxylation is 1. The summed E-state index contributed by atoms with van der Waals surface area (Å²) >= 11 is 13.1. The van der Waals surface area contributed by atoms with Crippen molar-refractivity contribution in [3.8, 4) is 11.8 Å². The summed E-state index contributed by atoms with van der Waals surface area (Å²) in [4.78, 5) is 17.9. The van der Waals surface area contributed by atoms with Crippen LogP contribution in [0.15, 0.2) is 29.4 Å². The summed E-state index contributed by atoms with van der Waals surface area (Å²) in [5.74, 6) is 4.43. The monoisotopic (exact) mass is 474 g/mol. The van der Waals surface area contributed by atoms with Gasteiger partial charge in [0.15, 0.2) is 0 Å². The van der Waals surface area contributed by atoms with Crippen molar-refractivity contribution in [3.63, 3.8) is 0 Å². The van der Waals surface area contributed by atoms with Gasteiger partial charge in [-0.1, -0.05) is 34.3 Å². The first-order valence-electron chi connectivity index (χ1n) is 8.64.